The van der Waals surface area contributed by atoms with Gasteiger partial charge in [0, 0.05) is 6.42 Å². The van der Waals surface area contributed by atoms with E-state index < -0.39 is 0 Å². The molecule has 0 saturated carbocycles. The van der Waals surface area contributed by atoms with Crippen molar-refractivity contribution in [3.05, 3.63) is 64.0 Å². The summed E-state index contributed by atoms with van der Waals surface area (Å²) in [4.78, 5) is 11.0. The molecule has 2 aromatic carbocycles. The Hall–Kier alpha value is -2.16. The maximum Gasteiger partial charge on any atom is 0.165 e. The van der Waals surface area contributed by atoms with Crippen LogP contribution in [0.3, 0.4) is 0 Å². The van der Waals surface area contributed by atoms with Gasteiger partial charge in [-0.2, -0.15) is 0 Å². The molecule has 2 aromatic rings. The second kappa shape index (κ2) is 7.40. The summed E-state index contributed by atoms with van der Waals surface area (Å²) in [6.45, 7) is 8.03. The van der Waals surface area contributed by atoms with Gasteiger partial charge in [0.2, 0.25) is 0 Å². The molecule has 0 aliphatic heterocycles. The van der Waals surface area contributed by atoms with Crippen molar-refractivity contribution in [2.45, 2.75) is 47.1 Å². The van der Waals surface area contributed by atoms with E-state index in [2.05, 4.69) is 19.1 Å². The molecule has 0 fully saturated rings. The molecule has 3 heteroatoms. The van der Waals surface area contributed by atoms with Crippen LogP contribution >= 0.6 is 0 Å². The minimum atomic E-state index is -0.381. The highest BCUT2D eigenvalue weighted by molar-refractivity contribution is 5.75. The fraction of sp³-hybridized carbons (Fsp3) is 0.350. The summed E-state index contributed by atoms with van der Waals surface area (Å²) in [5.74, 6) is -0.0273. The zero-order valence-corrected chi connectivity index (χ0v) is 14.2. The lowest BCUT2D eigenvalue weighted by Crippen LogP contribution is -2.03. The quantitative estimate of drug-likeness (QED) is 0.761. The highest BCUT2D eigenvalue weighted by Gasteiger charge is 2.09. The monoisotopic (exact) mass is 314 g/mol. The van der Waals surface area contributed by atoms with Crippen molar-refractivity contribution in [3.8, 4) is 5.75 Å². The molecule has 0 aromatic heterocycles. The Morgan fingerprint density at radius 3 is 2.30 bits per heavy atom. The molecule has 2 rings (SSSR count). The number of halogens is 1. The van der Waals surface area contributed by atoms with E-state index in [1.807, 2.05) is 19.9 Å². The van der Waals surface area contributed by atoms with Crippen LogP contribution < -0.4 is 4.74 Å². The number of ketones is 1. The Morgan fingerprint density at radius 2 is 1.74 bits per heavy atom. The van der Waals surface area contributed by atoms with Gasteiger partial charge in [-0.25, -0.2) is 4.39 Å². The van der Waals surface area contributed by atoms with E-state index in [1.54, 1.807) is 13.0 Å². The number of Topliss-reactive ketones (excluding diaryl/α,β-unsaturated/α-hetero) is 1. The van der Waals surface area contributed by atoms with Crippen LogP contribution in [-0.2, 0) is 17.8 Å². The lowest BCUT2D eigenvalue weighted by Gasteiger charge is -2.13. The molecule has 0 atom stereocenters. The molecule has 0 heterocycles. The number of hydrogen-bond donors (Lipinski definition) is 0. The Morgan fingerprint density at radius 1 is 1.09 bits per heavy atom. The number of hydrogen-bond acceptors (Lipinski definition) is 2. The summed E-state index contributed by atoms with van der Waals surface area (Å²) >= 11 is 0. The average Bonchev–Trinajstić information content (AvgIpc) is 2.45. The standard InChI is InChI=1S/C20H23FO2/c1-13-9-14(2)18(15(3)10-13)12-23-20-8-7-17(11-19(20)21)6-5-16(4)22/h7-11H,5-6,12H2,1-4H3. The van der Waals surface area contributed by atoms with Gasteiger partial charge in [0.1, 0.15) is 12.4 Å². The van der Waals surface area contributed by atoms with Gasteiger partial charge in [0.05, 0.1) is 0 Å². The maximum atomic E-state index is 14.1. The first kappa shape index (κ1) is 17.2. The zero-order chi connectivity index (χ0) is 17.0. The van der Waals surface area contributed by atoms with Crippen LogP contribution in [-0.4, -0.2) is 5.78 Å². The van der Waals surface area contributed by atoms with Crippen LogP contribution in [0, 0.1) is 26.6 Å². The topological polar surface area (TPSA) is 26.3 Å². The average molecular weight is 314 g/mol. The predicted octanol–water partition coefficient (Wildman–Crippen LogP) is 4.85. The van der Waals surface area contributed by atoms with Gasteiger partial charge in [-0.15, -0.1) is 0 Å². The third kappa shape index (κ3) is 4.65. The molecule has 0 spiro atoms. The molecular formula is C20H23FO2. The van der Waals surface area contributed by atoms with Crippen molar-refractivity contribution >= 4 is 5.78 Å². The van der Waals surface area contributed by atoms with Crippen molar-refractivity contribution in [2.24, 2.45) is 0 Å². The van der Waals surface area contributed by atoms with E-state index in [4.69, 9.17) is 4.74 Å². The fourth-order valence-electron chi connectivity index (χ4n) is 2.72. The Labute approximate surface area is 137 Å². The lowest BCUT2D eigenvalue weighted by molar-refractivity contribution is -0.116. The van der Waals surface area contributed by atoms with Gasteiger partial charge < -0.3 is 9.53 Å². The molecule has 0 N–H and O–H groups in total. The summed E-state index contributed by atoms with van der Waals surface area (Å²) < 4.78 is 19.8. The Bertz CT molecular complexity index is 697. The van der Waals surface area contributed by atoms with Crippen LogP contribution in [0.4, 0.5) is 4.39 Å². The second-order valence-electron chi connectivity index (χ2n) is 6.13. The van der Waals surface area contributed by atoms with Crippen molar-refractivity contribution in [1.29, 1.82) is 0 Å². The first-order valence-corrected chi connectivity index (χ1v) is 7.84. The third-order valence-corrected chi connectivity index (χ3v) is 3.97. The van der Waals surface area contributed by atoms with Crippen molar-refractivity contribution in [2.75, 3.05) is 0 Å². The van der Waals surface area contributed by atoms with E-state index in [9.17, 15) is 9.18 Å². The largest absolute Gasteiger partial charge is 0.486 e. The lowest BCUT2D eigenvalue weighted by atomic mass is 10.0. The summed E-state index contributed by atoms with van der Waals surface area (Å²) in [5.41, 5.74) is 5.43. The van der Waals surface area contributed by atoms with E-state index in [-0.39, 0.29) is 17.3 Å². The number of rotatable bonds is 6. The molecular weight excluding hydrogens is 291 g/mol. The molecule has 0 aliphatic rings. The van der Waals surface area contributed by atoms with Gasteiger partial charge in [-0.05, 0) is 68.5 Å². The normalized spacial score (nSPS) is 10.7. The molecule has 122 valence electrons. The molecule has 2 nitrogen and oxygen atoms in total. The minimum Gasteiger partial charge on any atom is -0.486 e. The van der Waals surface area contributed by atoms with E-state index >= 15 is 0 Å². The van der Waals surface area contributed by atoms with Crippen molar-refractivity contribution in [1.82, 2.24) is 0 Å². The van der Waals surface area contributed by atoms with Gasteiger partial charge >= 0.3 is 0 Å². The Balaban J connectivity index is 2.08. The van der Waals surface area contributed by atoms with Gasteiger partial charge in [-0.3, -0.25) is 0 Å². The minimum absolute atomic E-state index is 0.107. The summed E-state index contributed by atoms with van der Waals surface area (Å²) in [6.07, 6.45) is 0.990. The molecule has 0 radical (unpaired) electrons. The highest BCUT2D eigenvalue weighted by Crippen LogP contribution is 2.23. The van der Waals surface area contributed by atoms with Gasteiger partial charge in [-0.1, -0.05) is 23.8 Å². The van der Waals surface area contributed by atoms with Crippen LogP contribution in [0.25, 0.3) is 0 Å². The number of ether oxygens (including phenoxy) is 1. The first-order valence-electron chi connectivity index (χ1n) is 7.84. The zero-order valence-electron chi connectivity index (χ0n) is 14.2. The smallest absolute Gasteiger partial charge is 0.165 e. The number of carbonyl (C=O) groups is 1. The molecule has 0 aliphatic carbocycles. The number of carbonyl (C=O) groups excluding carboxylic acids is 1. The van der Waals surface area contributed by atoms with Crippen molar-refractivity contribution < 1.29 is 13.9 Å². The first-order chi connectivity index (χ1) is 10.9. The maximum absolute atomic E-state index is 14.1. The second-order valence-corrected chi connectivity index (χ2v) is 6.13. The van der Waals surface area contributed by atoms with Crippen LogP contribution in [0.5, 0.6) is 5.75 Å². The van der Waals surface area contributed by atoms with Gasteiger partial charge in [0.15, 0.2) is 11.6 Å². The molecule has 0 amide bonds. The van der Waals surface area contributed by atoms with Crippen LogP contribution in [0.1, 0.15) is 41.2 Å². The third-order valence-electron chi connectivity index (χ3n) is 3.97. The highest BCUT2D eigenvalue weighted by atomic mass is 19.1. The molecule has 0 saturated heterocycles. The fourth-order valence-corrected chi connectivity index (χ4v) is 2.72. The predicted molar refractivity (Wildman–Crippen MR) is 90.4 cm³/mol. The molecule has 0 unspecified atom stereocenters. The van der Waals surface area contributed by atoms with E-state index in [0.29, 0.717) is 19.4 Å². The number of benzene rings is 2. The van der Waals surface area contributed by atoms with Gasteiger partial charge in [0.25, 0.3) is 0 Å². The SMILES string of the molecule is CC(=O)CCc1ccc(OCc2c(C)cc(C)cc2C)c(F)c1. The summed E-state index contributed by atoms with van der Waals surface area (Å²) in [5, 5.41) is 0. The van der Waals surface area contributed by atoms with Crippen molar-refractivity contribution in [3.63, 3.8) is 0 Å². The molecule has 23 heavy (non-hydrogen) atoms. The van der Waals surface area contributed by atoms with Crippen LogP contribution in [0.2, 0.25) is 0 Å². The summed E-state index contributed by atoms with van der Waals surface area (Å²) in [7, 11) is 0. The van der Waals surface area contributed by atoms with E-state index in [0.717, 1.165) is 22.3 Å². The van der Waals surface area contributed by atoms with Crippen LogP contribution in [0.15, 0.2) is 30.3 Å². The molecule has 0 bridgehead atoms. The van der Waals surface area contributed by atoms with E-state index in [1.165, 1.54) is 11.6 Å². The number of aryl methyl sites for hydroxylation is 4. The Kier molecular flexibility index (Phi) is 5.54. The summed E-state index contributed by atoms with van der Waals surface area (Å²) in [6, 6.07) is 9.12.